The van der Waals surface area contributed by atoms with E-state index in [0.717, 1.165) is 75.1 Å². The molecule has 0 saturated carbocycles. The lowest BCUT2D eigenvalue weighted by Gasteiger charge is -2.44. The fourth-order valence-corrected chi connectivity index (χ4v) is 5.08. The van der Waals surface area contributed by atoms with E-state index in [9.17, 15) is 0 Å². The van der Waals surface area contributed by atoms with E-state index >= 15 is 0 Å². The molecule has 3 aliphatic rings. The van der Waals surface area contributed by atoms with Crippen LogP contribution < -0.4 is 4.90 Å². The van der Waals surface area contributed by atoms with Gasteiger partial charge in [0.25, 0.3) is 0 Å². The van der Waals surface area contributed by atoms with E-state index in [0.29, 0.717) is 0 Å². The van der Waals surface area contributed by atoms with Crippen molar-refractivity contribution in [1.82, 2.24) is 9.80 Å². The Morgan fingerprint density at radius 1 is 1.07 bits per heavy atom. The Morgan fingerprint density at radius 2 is 1.69 bits per heavy atom. The first-order chi connectivity index (χ1) is 13.9. The SMILES string of the molecule is C=C1OC2(CCN(CC)CC2)C(C(=C)N2CCN(c3ccc(Cl)cc3)CC2)=C1C. The summed E-state index contributed by atoms with van der Waals surface area (Å²) in [5, 5.41) is 0.782. The van der Waals surface area contributed by atoms with Crippen LogP contribution in [0.25, 0.3) is 0 Å². The van der Waals surface area contributed by atoms with E-state index < -0.39 is 0 Å². The van der Waals surface area contributed by atoms with Crippen molar-refractivity contribution >= 4 is 17.3 Å². The van der Waals surface area contributed by atoms with E-state index in [2.05, 4.69) is 53.8 Å². The molecule has 0 aromatic heterocycles. The minimum atomic E-state index is -0.239. The molecule has 0 bridgehead atoms. The van der Waals surface area contributed by atoms with Crippen molar-refractivity contribution < 1.29 is 4.74 Å². The third-order valence-electron chi connectivity index (χ3n) is 6.82. The monoisotopic (exact) mass is 413 g/mol. The van der Waals surface area contributed by atoms with E-state index in [-0.39, 0.29) is 5.60 Å². The Bertz CT molecular complexity index is 813. The normalized spacial score (nSPS) is 22.4. The van der Waals surface area contributed by atoms with Crippen molar-refractivity contribution in [3.05, 3.63) is 65.0 Å². The van der Waals surface area contributed by atoms with Crippen molar-refractivity contribution in [3.63, 3.8) is 0 Å². The molecule has 2 saturated heterocycles. The molecule has 0 N–H and O–H groups in total. The molecule has 2 fully saturated rings. The van der Waals surface area contributed by atoms with Crippen LogP contribution in [-0.2, 0) is 4.74 Å². The minimum Gasteiger partial charge on any atom is -0.483 e. The fraction of sp³-hybridized carbons (Fsp3) is 0.500. The van der Waals surface area contributed by atoms with Crippen molar-refractivity contribution in [3.8, 4) is 0 Å². The first-order valence-electron chi connectivity index (χ1n) is 10.7. The van der Waals surface area contributed by atoms with E-state index in [1.807, 2.05) is 12.1 Å². The predicted molar refractivity (Wildman–Crippen MR) is 121 cm³/mol. The lowest BCUT2D eigenvalue weighted by molar-refractivity contribution is -0.000867. The van der Waals surface area contributed by atoms with Gasteiger partial charge in [-0.2, -0.15) is 0 Å². The zero-order valence-electron chi connectivity index (χ0n) is 17.7. The van der Waals surface area contributed by atoms with Gasteiger partial charge in [0.2, 0.25) is 0 Å². The number of benzene rings is 1. The van der Waals surface area contributed by atoms with Crippen LogP contribution >= 0.6 is 11.6 Å². The summed E-state index contributed by atoms with van der Waals surface area (Å²) in [4.78, 5) is 7.35. The maximum Gasteiger partial charge on any atom is 0.139 e. The van der Waals surface area contributed by atoms with Crippen molar-refractivity contribution in [2.24, 2.45) is 0 Å². The van der Waals surface area contributed by atoms with Gasteiger partial charge in [0.05, 0.1) is 0 Å². The number of piperidine rings is 1. The highest BCUT2D eigenvalue weighted by Crippen LogP contribution is 2.47. The van der Waals surface area contributed by atoms with Crippen LogP contribution in [0.1, 0.15) is 26.7 Å². The summed E-state index contributed by atoms with van der Waals surface area (Å²) in [6.45, 7) is 20.2. The number of nitrogens with zero attached hydrogens (tertiary/aromatic N) is 3. The number of halogens is 1. The van der Waals surface area contributed by atoms with Gasteiger partial charge in [-0.3, -0.25) is 0 Å². The van der Waals surface area contributed by atoms with Gasteiger partial charge in [0.15, 0.2) is 0 Å². The number of rotatable bonds is 4. The van der Waals surface area contributed by atoms with Gasteiger partial charge in [-0.05, 0) is 43.3 Å². The lowest BCUT2D eigenvalue weighted by atomic mass is 9.81. The number of piperazine rings is 1. The third kappa shape index (κ3) is 3.80. The molecule has 29 heavy (non-hydrogen) atoms. The molecule has 156 valence electrons. The van der Waals surface area contributed by atoms with Crippen LogP contribution in [-0.4, -0.2) is 61.2 Å². The Kier molecular flexibility index (Phi) is 5.67. The molecule has 0 radical (unpaired) electrons. The molecule has 5 heteroatoms. The van der Waals surface area contributed by atoms with Gasteiger partial charge >= 0.3 is 0 Å². The predicted octanol–water partition coefficient (Wildman–Crippen LogP) is 4.69. The van der Waals surface area contributed by atoms with Gasteiger partial charge in [-0.15, -0.1) is 0 Å². The average molecular weight is 414 g/mol. The maximum atomic E-state index is 6.42. The van der Waals surface area contributed by atoms with Crippen LogP contribution in [0, 0.1) is 0 Å². The minimum absolute atomic E-state index is 0.239. The zero-order valence-corrected chi connectivity index (χ0v) is 18.5. The Morgan fingerprint density at radius 3 is 2.28 bits per heavy atom. The number of anilines is 1. The highest BCUT2D eigenvalue weighted by atomic mass is 35.5. The Balaban J connectivity index is 1.47. The fourth-order valence-electron chi connectivity index (χ4n) is 4.95. The van der Waals surface area contributed by atoms with Gasteiger partial charge in [0.1, 0.15) is 11.4 Å². The molecule has 1 aromatic rings. The highest BCUT2D eigenvalue weighted by Gasteiger charge is 2.47. The van der Waals surface area contributed by atoms with E-state index in [1.165, 1.54) is 16.8 Å². The van der Waals surface area contributed by atoms with Crippen LogP contribution in [0.5, 0.6) is 0 Å². The highest BCUT2D eigenvalue weighted by molar-refractivity contribution is 6.30. The van der Waals surface area contributed by atoms with Crippen LogP contribution in [0.15, 0.2) is 60.0 Å². The first kappa shape index (κ1) is 20.4. The topological polar surface area (TPSA) is 19.0 Å². The Hall–Kier alpha value is -1.91. The van der Waals surface area contributed by atoms with Crippen molar-refractivity contribution in [2.45, 2.75) is 32.3 Å². The third-order valence-corrected chi connectivity index (χ3v) is 7.07. The van der Waals surface area contributed by atoms with E-state index in [1.54, 1.807) is 0 Å². The average Bonchev–Trinajstić information content (AvgIpc) is 2.98. The number of ether oxygens (including phenoxy) is 1. The molecule has 0 atom stereocenters. The van der Waals surface area contributed by atoms with Crippen LogP contribution in [0.2, 0.25) is 5.02 Å². The summed E-state index contributed by atoms with van der Waals surface area (Å²) in [5.74, 6) is 0.825. The molecule has 3 heterocycles. The molecule has 4 nitrogen and oxygen atoms in total. The largest absolute Gasteiger partial charge is 0.483 e. The molecule has 1 spiro atoms. The summed E-state index contributed by atoms with van der Waals surface area (Å²) in [5.41, 5.74) is 4.59. The molecular weight excluding hydrogens is 382 g/mol. The second-order valence-electron chi connectivity index (χ2n) is 8.35. The standard InChI is InChI=1S/C24H32ClN3O/c1-5-26-12-10-24(11-13-26)23(18(2)20(4)29-24)19(3)27-14-16-28(17-15-27)22-8-6-21(25)7-9-22/h6-9H,3-5,10-17H2,1-2H3. The molecule has 1 aromatic carbocycles. The molecule has 0 amide bonds. The van der Waals surface area contributed by atoms with Crippen molar-refractivity contribution in [2.75, 3.05) is 50.7 Å². The molecule has 4 rings (SSSR count). The van der Waals surface area contributed by atoms with Gasteiger partial charge in [-0.1, -0.05) is 31.7 Å². The molecule has 0 aliphatic carbocycles. The van der Waals surface area contributed by atoms with E-state index in [4.69, 9.17) is 16.3 Å². The number of likely N-dealkylation sites (tertiary alicyclic amines) is 1. The molecule has 3 aliphatic heterocycles. The summed E-state index contributed by atoms with van der Waals surface area (Å²) in [6.07, 6.45) is 2.02. The molecular formula is C24H32ClN3O. The van der Waals surface area contributed by atoms with Crippen LogP contribution in [0.4, 0.5) is 5.69 Å². The second kappa shape index (κ2) is 8.08. The number of hydrogen-bond acceptors (Lipinski definition) is 4. The second-order valence-corrected chi connectivity index (χ2v) is 8.79. The summed E-state index contributed by atoms with van der Waals surface area (Å²) < 4.78 is 6.42. The van der Waals surface area contributed by atoms with Gasteiger partial charge in [0, 0.05) is 74.1 Å². The number of hydrogen-bond donors (Lipinski definition) is 0. The maximum absolute atomic E-state index is 6.42. The first-order valence-corrected chi connectivity index (χ1v) is 11.1. The Labute approximate surface area is 180 Å². The number of allylic oxidation sites excluding steroid dienone is 1. The molecule has 0 unspecified atom stereocenters. The summed E-state index contributed by atoms with van der Waals surface area (Å²) in [6, 6.07) is 8.13. The van der Waals surface area contributed by atoms with Crippen LogP contribution in [0.3, 0.4) is 0 Å². The van der Waals surface area contributed by atoms with Gasteiger partial charge in [-0.25, -0.2) is 0 Å². The summed E-state index contributed by atoms with van der Waals surface area (Å²) in [7, 11) is 0. The van der Waals surface area contributed by atoms with Crippen molar-refractivity contribution in [1.29, 1.82) is 0 Å². The lowest BCUT2D eigenvalue weighted by Crippen LogP contribution is -2.49. The summed E-state index contributed by atoms with van der Waals surface area (Å²) >= 11 is 6.04. The van der Waals surface area contributed by atoms with Gasteiger partial charge < -0.3 is 19.4 Å². The quantitative estimate of drug-likeness (QED) is 0.712. The zero-order chi connectivity index (χ0) is 20.6. The smallest absolute Gasteiger partial charge is 0.139 e.